The van der Waals surface area contributed by atoms with Gasteiger partial charge in [0.1, 0.15) is 0 Å². The second-order valence-electron chi connectivity index (χ2n) is 19.7. The molecule has 0 atom stereocenters. The molecule has 4 heteroatoms. The molecule has 368 valence electrons. The molecule has 14 rings (SSSR count). The second kappa shape index (κ2) is 20.3. The Morgan fingerprint density at radius 2 is 0.538 bits per heavy atom. The van der Waals surface area contributed by atoms with Crippen molar-refractivity contribution >= 4 is 104 Å². The van der Waals surface area contributed by atoms with Crippen LogP contribution in [-0.4, -0.2) is 0 Å². The molecule has 0 aliphatic carbocycles. The van der Waals surface area contributed by atoms with Crippen molar-refractivity contribution in [2.24, 2.45) is 0 Å². The van der Waals surface area contributed by atoms with Gasteiger partial charge in [0.25, 0.3) is 0 Å². The highest BCUT2D eigenvalue weighted by Crippen LogP contribution is 2.49. The molecule has 0 aliphatic rings. The van der Waals surface area contributed by atoms with Crippen molar-refractivity contribution in [1.82, 2.24) is 0 Å². The summed E-state index contributed by atoms with van der Waals surface area (Å²) in [6, 6.07) is 113. The summed E-state index contributed by atoms with van der Waals surface area (Å²) in [6.07, 6.45) is 0. The summed E-state index contributed by atoms with van der Waals surface area (Å²) in [4.78, 5) is 7.28. The molecule has 0 amide bonds. The molecule has 0 fully saturated rings. The molecule has 1 aromatic heterocycles. The van der Waals surface area contributed by atoms with Gasteiger partial charge in [0.15, 0.2) is 0 Å². The number of hydrogen-bond acceptors (Lipinski definition) is 4. The molecule has 1 heterocycles. The average Bonchev–Trinajstić information content (AvgIpc) is 3.94. The van der Waals surface area contributed by atoms with Crippen LogP contribution in [0, 0.1) is 0 Å². The maximum absolute atomic E-state index is 2.43. The molecule has 78 heavy (non-hydrogen) atoms. The van der Waals surface area contributed by atoms with Crippen molar-refractivity contribution in [3.63, 3.8) is 0 Å². The molecule has 0 bridgehead atoms. The molecule has 0 N–H and O–H groups in total. The smallest absolute Gasteiger partial charge is 0.0540 e. The Bertz CT molecular complexity index is 4270. The monoisotopic (exact) mass is 1010 g/mol. The maximum atomic E-state index is 2.43. The molecular formula is C74H51N3S. The van der Waals surface area contributed by atoms with Gasteiger partial charge < -0.3 is 14.7 Å². The highest BCUT2D eigenvalue weighted by atomic mass is 32.1. The third-order valence-electron chi connectivity index (χ3n) is 15.0. The van der Waals surface area contributed by atoms with E-state index in [9.17, 15) is 0 Å². The molecule has 0 unspecified atom stereocenters. The van der Waals surface area contributed by atoms with E-state index >= 15 is 0 Å². The largest absolute Gasteiger partial charge is 0.310 e. The van der Waals surface area contributed by atoms with E-state index in [-0.39, 0.29) is 0 Å². The number of para-hydroxylation sites is 2. The van der Waals surface area contributed by atoms with Gasteiger partial charge in [0, 0.05) is 53.7 Å². The molecule has 0 aliphatic heterocycles. The normalized spacial score (nSPS) is 11.3. The highest BCUT2D eigenvalue weighted by molar-refractivity contribution is 7.25. The van der Waals surface area contributed by atoms with Crippen LogP contribution in [0.25, 0.3) is 75.1 Å². The molecule has 13 aromatic carbocycles. The molecule has 3 nitrogen and oxygen atoms in total. The average molecular weight is 1010 g/mol. The van der Waals surface area contributed by atoms with Gasteiger partial charge in [-0.1, -0.05) is 212 Å². The van der Waals surface area contributed by atoms with Gasteiger partial charge in [0.05, 0.1) is 28.4 Å². The molecule has 0 radical (unpaired) electrons. The lowest BCUT2D eigenvalue weighted by atomic mass is 10.00. The number of hydrogen-bond donors (Lipinski definition) is 0. The minimum absolute atomic E-state index is 1.00. The summed E-state index contributed by atoms with van der Waals surface area (Å²) in [5, 5.41) is 7.28. The first-order chi connectivity index (χ1) is 38.7. The minimum atomic E-state index is 1.00. The molecule has 0 saturated heterocycles. The fourth-order valence-corrected chi connectivity index (χ4v) is 12.3. The summed E-state index contributed by atoms with van der Waals surface area (Å²) >= 11 is 1.85. The Balaban J connectivity index is 0.989. The first-order valence-corrected chi connectivity index (χ1v) is 27.4. The predicted molar refractivity (Wildman–Crippen MR) is 335 cm³/mol. The summed E-state index contributed by atoms with van der Waals surface area (Å²) in [7, 11) is 0. The zero-order valence-electron chi connectivity index (χ0n) is 42.7. The Morgan fingerprint density at radius 3 is 1.05 bits per heavy atom. The van der Waals surface area contributed by atoms with Crippen LogP contribution in [0.3, 0.4) is 0 Å². The van der Waals surface area contributed by atoms with Crippen LogP contribution in [0.1, 0.15) is 0 Å². The fraction of sp³-hybridized carbons (Fsp3) is 0. The highest BCUT2D eigenvalue weighted by Gasteiger charge is 2.24. The number of rotatable bonds is 12. The Labute approximate surface area is 459 Å². The fourth-order valence-electron chi connectivity index (χ4n) is 11.2. The Morgan fingerprint density at radius 1 is 0.192 bits per heavy atom. The van der Waals surface area contributed by atoms with Gasteiger partial charge in [-0.05, 0) is 141 Å². The van der Waals surface area contributed by atoms with Crippen LogP contribution >= 0.6 is 11.3 Å². The van der Waals surface area contributed by atoms with E-state index in [1.807, 2.05) is 11.3 Å². The van der Waals surface area contributed by atoms with Crippen molar-refractivity contribution in [2.75, 3.05) is 14.7 Å². The predicted octanol–water partition coefficient (Wildman–Crippen LogP) is 21.8. The summed E-state index contributed by atoms with van der Waals surface area (Å²) in [5.74, 6) is 0. The van der Waals surface area contributed by atoms with E-state index in [4.69, 9.17) is 0 Å². The maximum Gasteiger partial charge on any atom is 0.0540 e. The van der Waals surface area contributed by atoms with Crippen LogP contribution in [0.2, 0.25) is 0 Å². The number of nitrogens with zero attached hydrogens (tertiary/aromatic N) is 3. The van der Waals surface area contributed by atoms with Gasteiger partial charge in [-0.25, -0.2) is 0 Å². The summed E-state index contributed by atoms with van der Waals surface area (Å²) in [6.45, 7) is 0. The Hall–Kier alpha value is -10.0. The van der Waals surface area contributed by atoms with Crippen molar-refractivity contribution in [2.45, 2.75) is 0 Å². The second-order valence-corrected chi connectivity index (χ2v) is 20.8. The van der Waals surface area contributed by atoms with Crippen LogP contribution in [-0.2, 0) is 0 Å². The lowest BCUT2D eigenvalue weighted by Crippen LogP contribution is -2.16. The number of fused-ring (bicyclic) bond motifs is 5. The van der Waals surface area contributed by atoms with Crippen LogP contribution in [0.4, 0.5) is 51.2 Å². The van der Waals surface area contributed by atoms with Gasteiger partial charge in [-0.15, -0.1) is 11.3 Å². The van der Waals surface area contributed by atoms with E-state index < -0.39 is 0 Å². The van der Waals surface area contributed by atoms with E-state index in [1.54, 1.807) is 0 Å². The van der Waals surface area contributed by atoms with Crippen LogP contribution in [0.15, 0.2) is 309 Å². The van der Waals surface area contributed by atoms with Gasteiger partial charge in [-0.3, -0.25) is 0 Å². The topological polar surface area (TPSA) is 9.72 Å². The van der Waals surface area contributed by atoms with Gasteiger partial charge in [-0.2, -0.15) is 0 Å². The van der Waals surface area contributed by atoms with Crippen molar-refractivity contribution < 1.29 is 0 Å². The molecule has 14 aromatic rings. The Kier molecular flexibility index (Phi) is 12.1. The van der Waals surface area contributed by atoms with Crippen LogP contribution < -0.4 is 14.7 Å². The lowest BCUT2D eigenvalue weighted by molar-refractivity contribution is 1.23. The standard InChI is InChI=1S/C74H51N3S/c1-4-18-52(19-5-1)53-34-36-54(37-35-53)55-38-43-62(44-39-55)75(63-45-40-56(41-46-63)59-42-47-74-70(48-59)69-30-14-15-33-73(69)78-74)64-49-65(76(60-24-6-2-7-25-60)71-31-16-22-57-20-10-12-28-67(57)71)51-66(50-64)77(61-26-8-3-9-27-61)72-32-17-23-58-21-11-13-29-68(58)72/h1-51H. The van der Waals surface area contributed by atoms with E-state index in [0.717, 1.165) is 62.3 Å². The third-order valence-corrected chi connectivity index (χ3v) is 16.1. The van der Waals surface area contributed by atoms with Gasteiger partial charge in [0.2, 0.25) is 0 Å². The van der Waals surface area contributed by atoms with Crippen molar-refractivity contribution in [3.8, 4) is 33.4 Å². The zero-order valence-corrected chi connectivity index (χ0v) is 43.5. The van der Waals surface area contributed by atoms with Gasteiger partial charge >= 0.3 is 0 Å². The molecule has 0 saturated carbocycles. The molecular weight excluding hydrogens is 963 g/mol. The lowest BCUT2D eigenvalue weighted by Gasteiger charge is -2.33. The minimum Gasteiger partial charge on any atom is -0.310 e. The summed E-state index contributed by atoms with van der Waals surface area (Å²) < 4.78 is 2.61. The summed E-state index contributed by atoms with van der Waals surface area (Å²) in [5.41, 5.74) is 16.5. The third kappa shape index (κ3) is 8.80. The molecule has 0 spiro atoms. The first-order valence-electron chi connectivity index (χ1n) is 26.6. The van der Waals surface area contributed by atoms with Crippen LogP contribution in [0.5, 0.6) is 0 Å². The number of thiophene rings is 1. The van der Waals surface area contributed by atoms with E-state index in [1.165, 1.54) is 64.0 Å². The number of benzene rings is 13. The first kappa shape index (κ1) is 46.5. The van der Waals surface area contributed by atoms with E-state index in [0.29, 0.717) is 0 Å². The zero-order chi connectivity index (χ0) is 51.8. The SMILES string of the molecule is c1ccc(-c2ccc(-c3ccc(N(c4ccc(-c5ccc6sc7ccccc7c6c5)cc4)c4cc(N(c5ccccc5)c5cccc6ccccc56)cc(N(c5ccccc5)c5cccc6ccccc56)c4)cc3)cc2)cc1. The van der Waals surface area contributed by atoms with Crippen molar-refractivity contribution in [1.29, 1.82) is 0 Å². The quantitative estimate of drug-likeness (QED) is 0.121. The van der Waals surface area contributed by atoms with Crippen molar-refractivity contribution in [3.05, 3.63) is 309 Å². The number of anilines is 9. The van der Waals surface area contributed by atoms with E-state index in [2.05, 4.69) is 324 Å².